The van der Waals surface area contributed by atoms with Crippen LogP contribution in [0.15, 0.2) is 54.6 Å². The fourth-order valence-electron chi connectivity index (χ4n) is 3.05. The molecule has 4 nitrogen and oxygen atoms in total. The van der Waals surface area contributed by atoms with Crippen LogP contribution in [0, 0.1) is 19.7 Å². The van der Waals surface area contributed by atoms with Crippen LogP contribution in [0.1, 0.15) is 32.6 Å². The smallest absolute Gasteiger partial charge is 0.343 e. The third kappa shape index (κ3) is 5.06. The predicted octanol–water partition coefficient (Wildman–Crippen LogP) is 5.60. The highest BCUT2D eigenvalue weighted by atomic mass is 19.1. The average Bonchev–Trinajstić information content (AvgIpc) is 2.71. The predicted molar refractivity (Wildman–Crippen MR) is 119 cm³/mol. The van der Waals surface area contributed by atoms with Crippen molar-refractivity contribution in [2.45, 2.75) is 13.8 Å². The molecule has 30 heavy (non-hydrogen) atoms. The van der Waals surface area contributed by atoms with Crippen molar-refractivity contribution in [1.29, 1.82) is 0 Å². The maximum Gasteiger partial charge on any atom is 0.343 e. The Hall–Kier alpha value is -3.60. The van der Waals surface area contributed by atoms with E-state index in [2.05, 4.69) is 0 Å². The van der Waals surface area contributed by atoms with Gasteiger partial charge in [0.25, 0.3) is 0 Å². The van der Waals surface area contributed by atoms with E-state index in [1.807, 2.05) is 63.2 Å². The van der Waals surface area contributed by atoms with Crippen LogP contribution in [0.2, 0.25) is 0 Å². The van der Waals surface area contributed by atoms with Crippen LogP contribution >= 0.6 is 0 Å². The molecule has 0 aliphatic rings. The molecular weight excluding hydrogens is 381 g/mol. The average molecular weight is 405 g/mol. The topological polar surface area (TPSA) is 49.8 Å². The van der Waals surface area contributed by atoms with E-state index in [0.717, 1.165) is 27.9 Å². The van der Waals surface area contributed by atoms with Gasteiger partial charge in [0.05, 0.1) is 5.56 Å². The van der Waals surface area contributed by atoms with Gasteiger partial charge in [-0.05, 0) is 90.7 Å². The highest BCUT2D eigenvalue weighted by Gasteiger charge is 2.12. The van der Waals surface area contributed by atoms with Gasteiger partial charge in [-0.2, -0.15) is 0 Å². The molecule has 0 unspecified atom stereocenters. The third-order valence-corrected chi connectivity index (χ3v) is 4.70. The van der Waals surface area contributed by atoms with Crippen molar-refractivity contribution in [3.05, 3.63) is 88.2 Å². The molecule has 0 atom stereocenters. The Morgan fingerprint density at radius 1 is 0.933 bits per heavy atom. The van der Waals surface area contributed by atoms with E-state index in [4.69, 9.17) is 4.74 Å². The zero-order valence-corrected chi connectivity index (χ0v) is 17.4. The number of hydrogen-bond acceptors (Lipinski definition) is 4. The fourth-order valence-corrected chi connectivity index (χ4v) is 3.05. The first-order valence-corrected chi connectivity index (χ1v) is 9.51. The number of halogens is 1. The fraction of sp³-hybridized carbons (Fsp3) is 0.160. The van der Waals surface area contributed by atoms with Gasteiger partial charge >= 0.3 is 5.97 Å². The van der Waals surface area contributed by atoms with Crippen molar-refractivity contribution in [2.24, 2.45) is 0 Å². The molecular formula is C25H24FNO3. The summed E-state index contributed by atoms with van der Waals surface area (Å²) in [6, 6.07) is 14.6. The van der Waals surface area contributed by atoms with Crippen molar-refractivity contribution in [3.63, 3.8) is 0 Å². The summed E-state index contributed by atoms with van der Waals surface area (Å²) < 4.78 is 18.4. The number of hydrogen-bond donors (Lipinski definition) is 1. The number of carbonyl (C=O) groups is 1. The molecule has 0 saturated heterocycles. The number of aryl methyl sites for hydroxylation is 2. The second-order valence-electron chi connectivity index (χ2n) is 7.39. The molecule has 1 N–H and O–H groups in total. The van der Waals surface area contributed by atoms with Crippen LogP contribution in [-0.4, -0.2) is 25.2 Å². The Kier molecular flexibility index (Phi) is 6.21. The monoisotopic (exact) mass is 405 g/mol. The van der Waals surface area contributed by atoms with Crippen LogP contribution in [0.25, 0.3) is 12.2 Å². The normalized spacial score (nSPS) is 11.0. The van der Waals surface area contributed by atoms with E-state index >= 15 is 0 Å². The zero-order valence-electron chi connectivity index (χ0n) is 17.4. The van der Waals surface area contributed by atoms with Crippen molar-refractivity contribution in [2.75, 3.05) is 19.0 Å². The van der Waals surface area contributed by atoms with Gasteiger partial charge in [0.2, 0.25) is 0 Å². The summed E-state index contributed by atoms with van der Waals surface area (Å²) in [7, 11) is 3.79. The van der Waals surface area contributed by atoms with Crippen LogP contribution in [0.5, 0.6) is 11.5 Å². The summed E-state index contributed by atoms with van der Waals surface area (Å²) >= 11 is 0. The van der Waals surface area contributed by atoms with Gasteiger partial charge in [0, 0.05) is 19.8 Å². The molecule has 3 rings (SSSR count). The molecule has 5 heteroatoms. The van der Waals surface area contributed by atoms with E-state index in [-0.39, 0.29) is 5.75 Å². The molecule has 0 radical (unpaired) electrons. The van der Waals surface area contributed by atoms with Gasteiger partial charge in [-0.3, -0.25) is 0 Å². The molecule has 0 aliphatic heterocycles. The largest absolute Gasteiger partial charge is 0.507 e. The Bertz CT molecular complexity index is 1080. The Morgan fingerprint density at radius 2 is 1.50 bits per heavy atom. The molecule has 0 aromatic heterocycles. The minimum Gasteiger partial charge on any atom is -0.507 e. The molecule has 0 saturated carbocycles. The number of phenols is 1. The Morgan fingerprint density at radius 3 is 2.07 bits per heavy atom. The van der Waals surface area contributed by atoms with Crippen molar-refractivity contribution in [3.8, 4) is 11.5 Å². The summed E-state index contributed by atoms with van der Waals surface area (Å²) in [5.41, 5.74) is 4.63. The number of benzene rings is 3. The van der Waals surface area contributed by atoms with Crippen LogP contribution < -0.4 is 9.64 Å². The first kappa shape index (κ1) is 21.1. The summed E-state index contributed by atoms with van der Waals surface area (Å²) in [6.07, 6.45) is 3.84. The number of esters is 1. The number of carbonyl (C=O) groups excluding carboxylic acids is 1. The lowest BCUT2D eigenvalue weighted by molar-refractivity contribution is 0.0734. The lowest BCUT2D eigenvalue weighted by Gasteiger charge is -2.15. The first-order valence-electron chi connectivity index (χ1n) is 9.51. The number of rotatable bonds is 5. The minimum atomic E-state index is -0.517. The summed E-state index contributed by atoms with van der Waals surface area (Å²) in [6.45, 7) is 3.71. The molecule has 0 heterocycles. The van der Waals surface area contributed by atoms with Crippen molar-refractivity contribution < 1.29 is 19.0 Å². The number of anilines is 1. The summed E-state index contributed by atoms with van der Waals surface area (Å²) in [5, 5.41) is 9.95. The number of nitrogens with zero attached hydrogens (tertiary/aromatic N) is 1. The van der Waals surface area contributed by atoms with Crippen LogP contribution in [0.4, 0.5) is 10.1 Å². The van der Waals surface area contributed by atoms with E-state index in [1.165, 1.54) is 24.3 Å². The summed E-state index contributed by atoms with van der Waals surface area (Å²) in [4.78, 5) is 14.5. The van der Waals surface area contributed by atoms with Gasteiger partial charge in [-0.1, -0.05) is 12.2 Å². The van der Waals surface area contributed by atoms with Gasteiger partial charge in [-0.25, -0.2) is 9.18 Å². The number of aromatic hydroxyl groups is 1. The Labute approximate surface area is 175 Å². The van der Waals surface area contributed by atoms with E-state index in [0.29, 0.717) is 11.3 Å². The van der Waals surface area contributed by atoms with E-state index in [1.54, 1.807) is 12.1 Å². The van der Waals surface area contributed by atoms with Crippen LogP contribution in [0.3, 0.4) is 0 Å². The lowest BCUT2D eigenvalue weighted by atomic mass is 10.0. The highest BCUT2D eigenvalue weighted by Crippen LogP contribution is 2.25. The van der Waals surface area contributed by atoms with E-state index in [9.17, 15) is 14.3 Å². The minimum absolute atomic E-state index is 0.281. The highest BCUT2D eigenvalue weighted by molar-refractivity contribution is 5.93. The van der Waals surface area contributed by atoms with Gasteiger partial charge in [0.1, 0.15) is 17.3 Å². The molecule has 0 fully saturated rings. The second kappa shape index (κ2) is 8.82. The van der Waals surface area contributed by atoms with E-state index < -0.39 is 11.8 Å². The molecule has 154 valence electrons. The SMILES string of the molecule is Cc1cc(C=Cc2cc(C(=O)Oc3ccc(F)cc3)cc(N(C)C)c2)cc(C)c1O. The standard InChI is InChI=1S/C25H24FNO3/c1-16-11-18(12-17(2)24(16)28)5-6-19-13-20(15-22(14-19)27(3)4)25(29)30-23-9-7-21(26)8-10-23/h5-15,28H,1-4H3. The number of phenolic OH excluding ortho intramolecular Hbond substituents is 1. The quantitative estimate of drug-likeness (QED) is 0.341. The Balaban J connectivity index is 1.90. The summed E-state index contributed by atoms with van der Waals surface area (Å²) in [5.74, 6) is -0.329. The maximum absolute atomic E-state index is 13.1. The lowest BCUT2D eigenvalue weighted by Crippen LogP contribution is -2.13. The number of ether oxygens (including phenoxy) is 1. The molecule has 0 spiro atoms. The molecule has 3 aromatic carbocycles. The third-order valence-electron chi connectivity index (χ3n) is 4.70. The molecule has 0 aliphatic carbocycles. The maximum atomic E-state index is 13.1. The van der Waals surface area contributed by atoms with Crippen molar-refractivity contribution in [1.82, 2.24) is 0 Å². The molecule has 0 bridgehead atoms. The van der Waals surface area contributed by atoms with Crippen molar-refractivity contribution >= 4 is 23.8 Å². The molecule has 0 amide bonds. The van der Waals surface area contributed by atoms with Gasteiger partial charge < -0.3 is 14.7 Å². The second-order valence-corrected chi connectivity index (χ2v) is 7.39. The van der Waals surface area contributed by atoms with Gasteiger partial charge in [-0.15, -0.1) is 0 Å². The molecule has 3 aromatic rings. The van der Waals surface area contributed by atoms with Gasteiger partial charge in [0.15, 0.2) is 0 Å². The zero-order chi connectivity index (χ0) is 21.8. The first-order chi connectivity index (χ1) is 14.2. The van der Waals surface area contributed by atoms with Crippen LogP contribution in [-0.2, 0) is 0 Å².